The van der Waals surface area contributed by atoms with Crippen molar-refractivity contribution in [3.8, 4) is 11.8 Å². The van der Waals surface area contributed by atoms with E-state index in [0.29, 0.717) is 17.9 Å². The predicted molar refractivity (Wildman–Crippen MR) is 102 cm³/mol. The summed E-state index contributed by atoms with van der Waals surface area (Å²) in [6, 6.07) is 11.5. The lowest BCUT2D eigenvalue weighted by Gasteiger charge is -2.26. The molecule has 0 aliphatic carbocycles. The third kappa shape index (κ3) is 2.90. The smallest absolute Gasteiger partial charge is 0.259 e. The fraction of sp³-hybridized carbons (Fsp3) is 0.150. The molecule has 7 heteroatoms. The van der Waals surface area contributed by atoms with Gasteiger partial charge in [-0.05, 0) is 30.0 Å². The molecule has 1 aliphatic rings. The summed E-state index contributed by atoms with van der Waals surface area (Å²) in [6.07, 6.45) is 3.43. The van der Waals surface area contributed by atoms with Crippen LogP contribution in [-0.2, 0) is 6.54 Å². The Kier molecular flexibility index (Phi) is 4.26. The van der Waals surface area contributed by atoms with Gasteiger partial charge in [-0.3, -0.25) is 9.78 Å². The Hall–Kier alpha value is -3.37. The van der Waals surface area contributed by atoms with Gasteiger partial charge >= 0.3 is 0 Å². The average molecular weight is 376 g/mol. The van der Waals surface area contributed by atoms with Gasteiger partial charge in [0.15, 0.2) is 0 Å². The molecule has 1 atom stereocenters. The van der Waals surface area contributed by atoms with Gasteiger partial charge in [0.1, 0.15) is 17.4 Å². The van der Waals surface area contributed by atoms with Gasteiger partial charge in [-0.1, -0.05) is 12.1 Å². The quantitative estimate of drug-likeness (QED) is 0.758. The summed E-state index contributed by atoms with van der Waals surface area (Å²) in [5.74, 6) is -0.0611. The van der Waals surface area contributed by atoms with Crippen molar-refractivity contribution in [3.63, 3.8) is 0 Å². The molecule has 3 aromatic heterocycles. The van der Waals surface area contributed by atoms with Crippen molar-refractivity contribution < 1.29 is 4.74 Å². The van der Waals surface area contributed by atoms with Crippen molar-refractivity contribution in [1.29, 1.82) is 5.26 Å². The molecule has 2 N–H and O–H groups in total. The lowest BCUT2D eigenvalue weighted by molar-refractivity contribution is 0.389. The van der Waals surface area contributed by atoms with Gasteiger partial charge in [0.2, 0.25) is 5.88 Å². The summed E-state index contributed by atoms with van der Waals surface area (Å²) in [5, 5.41) is 11.5. The summed E-state index contributed by atoms with van der Waals surface area (Å²) < 4.78 is 7.32. The standard InChI is InChI=1S/C20H16N4O2S/c1-12-8-15-18(20(25)24(12)11-13-4-2-6-23-10-13)17(16-5-3-7-27-16)14(9-21)19(22)26-15/h2-8,10,17H,11,22H2,1H3/t17-/m0/s1. The SMILES string of the molecule is Cc1cc2c(c(=O)n1Cc1cccnc1)[C@H](c1cccs1)C(C#N)=C(N)O2. The number of fused-ring (bicyclic) bond motifs is 1. The minimum absolute atomic E-state index is 0.0483. The second-order valence-electron chi connectivity index (χ2n) is 6.26. The topological polar surface area (TPSA) is 93.9 Å². The van der Waals surface area contributed by atoms with Crippen LogP contribution in [0.2, 0.25) is 0 Å². The number of hydrogen-bond acceptors (Lipinski definition) is 6. The molecule has 0 amide bonds. The highest BCUT2D eigenvalue weighted by molar-refractivity contribution is 7.10. The minimum atomic E-state index is -0.521. The maximum atomic E-state index is 13.4. The summed E-state index contributed by atoms with van der Waals surface area (Å²) in [4.78, 5) is 18.4. The van der Waals surface area contributed by atoms with Gasteiger partial charge in [0, 0.05) is 29.0 Å². The van der Waals surface area contributed by atoms with Gasteiger partial charge < -0.3 is 15.0 Å². The van der Waals surface area contributed by atoms with Crippen molar-refractivity contribution in [1.82, 2.24) is 9.55 Å². The van der Waals surface area contributed by atoms with E-state index in [-0.39, 0.29) is 17.0 Å². The number of rotatable bonds is 3. The molecule has 0 unspecified atom stereocenters. The number of nitrogens with zero attached hydrogens (tertiary/aromatic N) is 3. The van der Waals surface area contributed by atoms with E-state index in [1.54, 1.807) is 23.0 Å². The van der Waals surface area contributed by atoms with Crippen molar-refractivity contribution in [2.24, 2.45) is 5.73 Å². The fourth-order valence-corrected chi connectivity index (χ4v) is 4.14. The summed E-state index contributed by atoms with van der Waals surface area (Å²) in [7, 11) is 0. The zero-order valence-corrected chi connectivity index (χ0v) is 15.4. The number of aromatic nitrogens is 2. The molecule has 6 nitrogen and oxygen atoms in total. The van der Waals surface area contributed by atoms with Crippen LogP contribution in [0.5, 0.6) is 5.75 Å². The van der Waals surface area contributed by atoms with Crippen LogP contribution in [0.15, 0.2) is 64.4 Å². The number of pyridine rings is 2. The summed E-state index contributed by atoms with van der Waals surface area (Å²) in [5.41, 5.74) is 8.17. The number of ether oxygens (including phenoxy) is 1. The van der Waals surface area contributed by atoms with Gasteiger partial charge in [-0.25, -0.2) is 0 Å². The summed E-state index contributed by atoms with van der Waals surface area (Å²) in [6.45, 7) is 2.24. The Labute approximate surface area is 159 Å². The highest BCUT2D eigenvalue weighted by atomic mass is 32.1. The van der Waals surface area contributed by atoms with Crippen molar-refractivity contribution in [2.75, 3.05) is 0 Å². The van der Waals surface area contributed by atoms with Crippen LogP contribution in [0.3, 0.4) is 0 Å². The van der Waals surface area contributed by atoms with Crippen LogP contribution in [0.4, 0.5) is 0 Å². The zero-order valence-electron chi connectivity index (χ0n) is 14.5. The van der Waals surface area contributed by atoms with Crippen LogP contribution in [0, 0.1) is 18.3 Å². The lowest BCUT2D eigenvalue weighted by Crippen LogP contribution is -2.32. The number of allylic oxidation sites excluding steroid dienone is 1. The molecule has 4 heterocycles. The zero-order chi connectivity index (χ0) is 19.0. The average Bonchev–Trinajstić information content (AvgIpc) is 3.19. The van der Waals surface area contributed by atoms with E-state index in [9.17, 15) is 10.1 Å². The van der Waals surface area contributed by atoms with Crippen LogP contribution in [-0.4, -0.2) is 9.55 Å². The largest absolute Gasteiger partial charge is 0.440 e. The second-order valence-corrected chi connectivity index (χ2v) is 7.24. The van der Waals surface area contributed by atoms with E-state index in [1.807, 2.05) is 36.6 Å². The molecule has 1 aliphatic heterocycles. The van der Waals surface area contributed by atoms with Gasteiger partial charge in [0.05, 0.1) is 18.0 Å². The first-order chi connectivity index (χ1) is 13.1. The lowest BCUT2D eigenvalue weighted by atomic mass is 9.88. The maximum Gasteiger partial charge on any atom is 0.259 e. The first-order valence-electron chi connectivity index (χ1n) is 8.34. The molecular formula is C20H16N4O2S. The third-order valence-corrected chi connectivity index (χ3v) is 5.52. The number of nitrogens with two attached hydrogens (primary N) is 1. The molecule has 3 aromatic rings. The van der Waals surface area contributed by atoms with E-state index in [0.717, 1.165) is 16.1 Å². The van der Waals surface area contributed by atoms with Crippen molar-refractivity contribution >= 4 is 11.3 Å². The molecule has 0 spiro atoms. The Morgan fingerprint density at radius 1 is 1.41 bits per heavy atom. The normalized spacial score (nSPS) is 15.8. The van der Waals surface area contributed by atoms with Crippen LogP contribution in [0.1, 0.15) is 27.6 Å². The predicted octanol–water partition coefficient (Wildman–Crippen LogP) is 2.88. The molecule has 0 fully saturated rings. The molecule has 0 aromatic carbocycles. The number of aryl methyl sites for hydroxylation is 1. The van der Waals surface area contributed by atoms with Crippen LogP contribution >= 0.6 is 11.3 Å². The molecule has 27 heavy (non-hydrogen) atoms. The molecule has 0 bridgehead atoms. The Morgan fingerprint density at radius 3 is 2.93 bits per heavy atom. The Balaban J connectivity index is 1.92. The highest BCUT2D eigenvalue weighted by Gasteiger charge is 2.34. The Morgan fingerprint density at radius 2 is 2.26 bits per heavy atom. The van der Waals surface area contributed by atoms with Crippen molar-refractivity contribution in [3.05, 3.63) is 91.6 Å². The van der Waals surface area contributed by atoms with E-state index >= 15 is 0 Å². The van der Waals surface area contributed by atoms with Gasteiger partial charge in [-0.2, -0.15) is 5.26 Å². The Bertz CT molecular complexity index is 1130. The number of nitriles is 1. The number of hydrogen-bond donors (Lipinski definition) is 1. The van der Waals surface area contributed by atoms with Crippen LogP contribution in [0.25, 0.3) is 0 Å². The van der Waals surface area contributed by atoms with E-state index < -0.39 is 5.92 Å². The van der Waals surface area contributed by atoms with E-state index in [2.05, 4.69) is 11.1 Å². The van der Waals surface area contributed by atoms with E-state index in [1.165, 1.54) is 11.3 Å². The molecule has 0 saturated carbocycles. The second kappa shape index (κ2) is 6.74. The first kappa shape index (κ1) is 17.1. The first-order valence-corrected chi connectivity index (χ1v) is 9.22. The number of thiophene rings is 1. The molecular weight excluding hydrogens is 360 g/mol. The highest BCUT2D eigenvalue weighted by Crippen LogP contribution is 2.41. The minimum Gasteiger partial charge on any atom is -0.440 e. The summed E-state index contributed by atoms with van der Waals surface area (Å²) >= 11 is 1.48. The molecule has 4 rings (SSSR count). The maximum absolute atomic E-state index is 13.4. The molecule has 0 saturated heterocycles. The monoisotopic (exact) mass is 376 g/mol. The molecule has 134 valence electrons. The van der Waals surface area contributed by atoms with Crippen LogP contribution < -0.4 is 16.0 Å². The van der Waals surface area contributed by atoms with Gasteiger partial charge in [-0.15, -0.1) is 11.3 Å². The van der Waals surface area contributed by atoms with Crippen molar-refractivity contribution in [2.45, 2.75) is 19.4 Å². The van der Waals surface area contributed by atoms with Gasteiger partial charge in [0.25, 0.3) is 5.56 Å². The fourth-order valence-electron chi connectivity index (χ4n) is 3.30. The molecule has 0 radical (unpaired) electrons. The van der Waals surface area contributed by atoms with E-state index in [4.69, 9.17) is 10.5 Å². The third-order valence-electron chi connectivity index (χ3n) is 4.58.